The molecule has 3 aromatic carbocycles. The van der Waals surface area contributed by atoms with Gasteiger partial charge in [0.1, 0.15) is 11.9 Å². The second-order valence-electron chi connectivity index (χ2n) is 15.6. The molecule has 1 spiro atoms. The quantitative estimate of drug-likeness (QED) is 0.133. The van der Waals surface area contributed by atoms with Crippen LogP contribution < -0.4 is 9.47 Å². The van der Waals surface area contributed by atoms with Crippen LogP contribution in [0.5, 0.6) is 17.2 Å². The number of likely N-dealkylation sites (tertiary alicyclic amines) is 1. The van der Waals surface area contributed by atoms with Crippen molar-refractivity contribution >= 4 is 11.7 Å². The number of nitrogens with zero attached hydrogens (tertiary/aromatic N) is 2. The number of amides is 1. The summed E-state index contributed by atoms with van der Waals surface area (Å²) in [6.45, 7) is 2.88. The van der Waals surface area contributed by atoms with Crippen molar-refractivity contribution in [2.24, 2.45) is 11.8 Å². The summed E-state index contributed by atoms with van der Waals surface area (Å²) < 4.78 is 13.0. The summed E-state index contributed by atoms with van der Waals surface area (Å²) in [4.78, 5) is 32.1. The molecule has 2 saturated carbocycles. The van der Waals surface area contributed by atoms with Gasteiger partial charge in [0.15, 0.2) is 17.3 Å². The van der Waals surface area contributed by atoms with Gasteiger partial charge in [0.25, 0.3) is 0 Å². The third-order valence-corrected chi connectivity index (χ3v) is 12.7. The number of benzene rings is 3. The second-order valence-corrected chi connectivity index (χ2v) is 15.6. The molecule has 7 nitrogen and oxygen atoms in total. The number of carbonyl (C=O) groups excluding carboxylic acids is 2. The highest BCUT2D eigenvalue weighted by Crippen LogP contribution is 2.66. The maximum absolute atomic E-state index is 14.4. The summed E-state index contributed by atoms with van der Waals surface area (Å²) in [6, 6.07) is 22.1. The molecule has 0 unspecified atom stereocenters. The molecule has 3 aliphatic carbocycles. The molecule has 1 amide bonds. The van der Waals surface area contributed by atoms with Gasteiger partial charge in [-0.15, -0.1) is 0 Å². The average molecular weight is 677 g/mol. The van der Waals surface area contributed by atoms with Gasteiger partial charge in [0.05, 0.1) is 13.2 Å². The maximum Gasteiger partial charge on any atom is 0.222 e. The van der Waals surface area contributed by atoms with Crippen LogP contribution in [-0.2, 0) is 23.1 Å². The van der Waals surface area contributed by atoms with Crippen LogP contribution in [0, 0.1) is 11.8 Å². The molecule has 0 radical (unpaired) electrons. The average Bonchev–Trinajstić information content (AvgIpc) is 3.90. The van der Waals surface area contributed by atoms with Gasteiger partial charge >= 0.3 is 0 Å². The number of piperidine rings is 1. The SMILES string of the molecule is COc1cc(O)c2c3c1O[C@H]1[C@@H](N(CCCCc4ccccc4)C(=O)CCCCC(=O)c4ccccc4)CC[C@H]4[C@@H](C2)N(CC2CC2)CC[C@@]341. The number of ketones is 1. The summed E-state index contributed by atoms with van der Waals surface area (Å²) in [5.41, 5.74) is 4.03. The van der Waals surface area contributed by atoms with E-state index < -0.39 is 0 Å². The van der Waals surface area contributed by atoms with Crippen LogP contribution in [0.1, 0.15) is 97.7 Å². The van der Waals surface area contributed by atoms with Crippen LogP contribution in [-0.4, -0.2) is 71.5 Å². The number of rotatable bonds is 15. The van der Waals surface area contributed by atoms with Crippen molar-refractivity contribution in [2.75, 3.05) is 26.7 Å². The van der Waals surface area contributed by atoms with Gasteiger partial charge in [-0.2, -0.15) is 0 Å². The van der Waals surface area contributed by atoms with Crippen LogP contribution >= 0.6 is 0 Å². The molecule has 5 aliphatic rings. The van der Waals surface area contributed by atoms with E-state index >= 15 is 0 Å². The number of methoxy groups -OCH3 is 1. The van der Waals surface area contributed by atoms with Crippen molar-refractivity contribution < 1.29 is 24.2 Å². The summed E-state index contributed by atoms with van der Waals surface area (Å²) in [5.74, 6) is 3.27. The Kier molecular flexibility index (Phi) is 9.36. The molecule has 2 aliphatic heterocycles. The van der Waals surface area contributed by atoms with Crippen molar-refractivity contribution in [3.63, 3.8) is 0 Å². The number of phenols is 1. The topological polar surface area (TPSA) is 79.3 Å². The van der Waals surface area contributed by atoms with E-state index in [0.29, 0.717) is 55.7 Å². The largest absolute Gasteiger partial charge is 0.508 e. The van der Waals surface area contributed by atoms with Gasteiger partial charge in [-0.05, 0) is 94.6 Å². The zero-order valence-electron chi connectivity index (χ0n) is 29.5. The zero-order chi connectivity index (χ0) is 34.2. The normalized spacial score (nSPS) is 26.2. The van der Waals surface area contributed by atoms with Gasteiger partial charge in [0, 0.05) is 60.1 Å². The highest BCUT2D eigenvalue weighted by Gasteiger charge is 2.67. The Labute approximate surface area is 297 Å². The lowest BCUT2D eigenvalue weighted by Crippen LogP contribution is -2.69. The Morgan fingerprint density at radius 3 is 2.48 bits per heavy atom. The van der Waals surface area contributed by atoms with E-state index in [0.717, 1.165) is 80.8 Å². The predicted octanol–water partition coefficient (Wildman–Crippen LogP) is 7.51. The molecule has 3 aromatic rings. The Morgan fingerprint density at radius 1 is 0.960 bits per heavy atom. The molecule has 7 heteroatoms. The Bertz CT molecular complexity index is 1690. The Morgan fingerprint density at radius 2 is 1.72 bits per heavy atom. The molecule has 3 fully saturated rings. The van der Waals surface area contributed by atoms with Gasteiger partial charge in [-0.25, -0.2) is 0 Å². The molecular weight excluding hydrogens is 624 g/mol. The maximum atomic E-state index is 14.4. The smallest absolute Gasteiger partial charge is 0.222 e. The van der Waals surface area contributed by atoms with E-state index in [1.807, 2.05) is 30.3 Å². The van der Waals surface area contributed by atoms with Crippen LogP contribution in [0.3, 0.4) is 0 Å². The Hall–Kier alpha value is -3.84. The third kappa shape index (κ3) is 6.10. The molecule has 8 rings (SSSR count). The van der Waals surface area contributed by atoms with E-state index in [1.54, 1.807) is 13.2 Å². The Balaban J connectivity index is 1.05. The lowest BCUT2D eigenvalue weighted by Gasteiger charge is -2.60. The fraction of sp³-hybridized carbons (Fsp3) is 0.535. The van der Waals surface area contributed by atoms with Crippen molar-refractivity contribution in [3.8, 4) is 17.2 Å². The summed E-state index contributed by atoms with van der Waals surface area (Å²) in [5, 5.41) is 11.4. The lowest BCUT2D eigenvalue weighted by molar-refractivity contribution is -0.143. The fourth-order valence-electron chi connectivity index (χ4n) is 10.2. The first-order valence-corrected chi connectivity index (χ1v) is 19.2. The van der Waals surface area contributed by atoms with Crippen molar-refractivity contribution in [2.45, 2.75) is 107 Å². The molecule has 264 valence electrons. The number of unbranched alkanes of at least 4 members (excludes halogenated alkanes) is 2. The number of aromatic hydroxyl groups is 1. The highest BCUT2D eigenvalue weighted by atomic mass is 16.5. The van der Waals surface area contributed by atoms with Crippen molar-refractivity contribution in [3.05, 3.63) is 89.0 Å². The molecule has 2 bridgehead atoms. The second kappa shape index (κ2) is 14.1. The fourth-order valence-corrected chi connectivity index (χ4v) is 10.2. The first-order chi connectivity index (χ1) is 24.5. The van der Waals surface area contributed by atoms with Gasteiger partial charge < -0.3 is 19.5 Å². The number of phenolic OH excluding ortho intramolecular Hbond substituents is 1. The minimum Gasteiger partial charge on any atom is -0.508 e. The van der Waals surface area contributed by atoms with Gasteiger partial charge in [-0.3, -0.25) is 14.5 Å². The van der Waals surface area contributed by atoms with Crippen LogP contribution in [0.15, 0.2) is 66.7 Å². The van der Waals surface area contributed by atoms with Crippen LogP contribution in [0.25, 0.3) is 0 Å². The van der Waals surface area contributed by atoms with Crippen molar-refractivity contribution in [1.29, 1.82) is 0 Å². The van der Waals surface area contributed by atoms with E-state index in [2.05, 4.69) is 40.1 Å². The predicted molar refractivity (Wildman–Crippen MR) is 194 cm³/mol. The van der Waals surface area contributed by atoms with Crippen LogP contribution in [0.4, 0.5) is 0 Å². The minimum absolute atomic E-state index is 0.0535. The monoisotopic (exact) mass is 676 g/mol. The number of Topliss-reactive ketones (excluding diaryl/α,β-unsaturated/α-hetero) is 1. The number of ether oxygens (including phenoxy) is 2. The standard InChI is InChI=1S/C43H52N2O5/c1-49-38-27-37(47)32-26-35-33-21-22-34(42-43(33,40(32)41(38)50-42)23-25-44(35)28-30-19-20-30)45(24-11-10-14-29-12-4-2-5-13-29)39(48)18-9-8-17-36(46)31-15-6-3-7-16-31/h2-7,12-13,15-16,27,30,33-35,42,47H,8-11,14,17-26,28H2,1H3/t33-,34-,35+,42-,43-/m0/s1. The molecule has 0 aromatic heterocycles. The minimum atomic E-state index is -0.243. The van der Waals surface area contributed by atoms with E-state index in [4.69, 9.17) is 9.47 Å². The number of hydrogen-bond acceptors (Lipinski definition) is 6. The van der Waals surface area contributed by atoms with E-state index in [-0.39, 0.29) is 29.3 Å². The van der Waals surface area contributed by atoms with E-state index in [1.165, 1.54) is 24.0 Å². The van der Waals surface area contributed by atoms with Gasteiger partial charge in [0.2, 0.25) is 5.91 Å². The number of carbonyl (C=O) groups is 2. The molecule has 2 heterocycles. The lowest BCUT2D eigenvalue weighted by atomic mass is 9.50. The first-order valence-electron chi connectivity index (χ1n) is 19.2. The summed E-state index contributed by atoms with van der Waals surface area (Å²) >= 11 is 0. The molecule has 1 N–H and O–H groups in total. The highest BCUT2D eigenvalue weighted by molar-refractivity contribution is 5.96. The van der Waals surface area contributed by atoms with Crippen molar-refractivity contribution in [1.82, 2.24) is 9.80 Å². The van der Waals surface area contributed by atoms with Crippen LogP contribution in [0.2, 0.25) is 0 Å². The first kappa shape index (κ1) is 33.3. The molecule has 5 atom stereocenters. The third-order valence-electron chi connectivity index (χ3n) is 12.7. The molecule has 1 saturated heterocycles. The van der Waals surface area contributed by atoms with E-state index in [9.17, 15) is 14.7 Å². The molecule has 50 heavy (non-hydrogen) atoms. The summed E-state index contributed by atoms with van der Waals surface area (Å²) in [6.07, 6.45) is 11.5. The molecular formula is C43H52N2O5. The summed E-state index contributed by atoms with van der Waals surface area (Å²) in [7, 11) is 1.66. The zero-order valence-corrected chi connectivity index (χ0v) is 29.5. The number of aryl methyl sites for hydroxylation is 1. The number of hydrogen-bond donors (Lipinski definition) is 1. The van der Waals surface area contributed by atoms with Gasteiger partial charge in [-0.1, -0.05) is 60.7 Å².